The molecule has 11 heteroatoms. The van der Waals surface area contributed by atoms with Crippen LogP contribution in [0.25, 0.3) is 15.0 Å². The van der Waals surface area contributed by atoms with Crippen LogP contribution in [-0.2, 0) is 17.8 Å². The van der Waals surface area contributed by atoms with Gasteiger partial charge in [-0.2, -0.15) is 0 Å². The number of anilines is 2. The summed E-state index contributed by atoms with van der Waals surface area (Å²) in [5, 5.41) is 7.17. The molecule has 1 aliphatic heterocycles. The topological polar surface area (TPSA) is 115 Å². The van der Waals surface area contributed by atoms with Gasteiger partial charge < -0.3 is 16.4 Å². The molecule has 0 aliphatic carbocycles. The monoisotopic (exact) mass is 604 g/mol. The second-order valence-electron chi connectivity index (χ2n) is 10.2. The number of carbonyl (C=O) groups excluding carboxylic acids is 1. The highest BCUT2D eigenvalue weighted by Gasteiger charge is 2.31. The van der Waals surface area contributed by atoms with Crippen LogP contribution >= 0.6 is 23.1 Å². The number of pyridine rings is 1. The zero-order valence-corrected chi connectivity index (χ0v) is 25.2. The van der Waals surface area contributed by atoms with E-state index in [1.54, 1.807) is 29.7 Å². The number of aryl methyl sites for hydroxylation is 1. The van der Waals surface area contributed by atoms with Crippen molar-refractivity contribution in [2.75, 3.05) is 11.1 Å². The van der Waals surface area contributed by atoms with Gasteiger partial charge in [-0.1, -0.05) is 56.0 Å². The Hall–Kier alpha value is -3.96. The van der Waals surface area contributed by atoms with Crippen LogP contribution in [0.15, 0.2) is 71.1 Å². The van der Waals surface area contributed by atoms with E-state index in [1.807, 2.05) is 31.2 Å². The lowest BCUT2D eigenvalue weighted by atomic mass is 10.1. The van der Waals surface area contributed by atoms with Gasteiger partial charge in [0.15, 0.2) is 0 Å². The number of allylic oxidation sites excluding steroid dienone is 1. The summed E-state index contributed by atoms with van der Waals surface area (Å²) in [4.78, 5) is 37.8. The van der Waals surface area contributed by atoms with E-state index in [1.165, 1.54) is 28.6 Å². The normalized spacial score (nSPS) is 15.4. The van der Waals surface area contributed by atoms with Gasteiger partial charge in [-0.25, -0.2) is 14.4 Å². The Labute approximate surface area is 252 Å². The summed E-state index contributed by atoms with van der Waals surface area (Å²) in [6, 6.07) is 9.49. The average molecular weight is 605 g/mol. The van der Waals surface area contributed by atoms with Gasteiger partial charge in [0.05, 0.1) is 18.8 Å². The van der Waals surface area contributed by atoms with Gasteiger partial charge in [0.25, 0.3) is 5.56 Å². The van der Waals surface area contributed by atoms with E-state index in [0.717, 1.165) is 37.6 Å². The molecule has 0 saturated heterocycles. The number of nitrogens with one attached hydrogen (secondary N) is 2. The minimum absolute atomic E-state index is 0.228. The number of fused-ring (bicyclic) bond motifs is 2. The molecule has 2 unspecified atom stereocenters. The molecule has 218 valence electrons. The number of benzene rings is 1. The Morgan fingerprint density at radius 3 is 2.90 bits per heavy atom. The lowest BCUT2D eigenvalue weighted by Crippen LogP contribution is -2.36. The highest BCUT2D eigenvalue weighted by molar-refractivity contribution is 8.11. The predicted molar refractivity (Wildman–Crippen MR) is 171 cm³/mol. The molecule has 1 amide bonds. The summed E-state index contributed by atoms with van der Waals surface area (Å²) >= 11 is 2.93. The zero-order chi connectivity index (χ0) is 29.8. The molecule has 0 bridgehead atoms. The fourth-order valence-corrected chi connectivity index (χ4v) is 6.84. The van der Waals surface area contributed by atoms with Crippen LogP contribution in [0.1, 0.15) is 55.4 Å². The highest BCUT2D eigenvalue weighted by atomic mass is 32.2. The van der Waals surface area contributed by atoms with E-state index in [4.69, 9.17) is 5.73 Å². The summed E-state index contributed by atoms with van der Waals surface area (Å²) < 4.78 is 17.1. The first kappa shape index (κ1) is 29.5. The summed E-state index contributed by atoms with van der Waals surface area (Å²) in [7, 11) is 0. The Balaban J connectivity index is 1.27. The number of nitrogens with zero attached hydrogens (tertiary/aromatic N) is 3. The molecule has 4 heterocycles. The Morgan fingerprint density at radius 1 is 1.31 bits per heavy atom. The van der Waals surface area contributed by atoms with Gasteiger partial charge in [-0.15, -0.1) is 11.3 Å². The van der Waals surface area contributed by atoms with Crippen molar-refractivity contribution in [3.63, 3.8) is 0 Å². The Morgan fingerprint density at radius 2 is 2.12 bits per heavy atom. The number of aromatic nitrogens is 3. The quantitative estimate of drug-likeness (QED) is 0.185. The van der Waals surface area contributed by atoms with Crippen LogP contribution in [-0.4, -0.2) is 26.5 Å². The first-order valence-corrected chi connectivity index (χ1v) is 15.5. The summed E-state index contributed by atoms with van der Waals surface area (Å²) in [5.41, 5.74) is 6.29. The molecule has 42 heavy (non-hydrogen) atoms. The molecule has 4 aromatic rings. The van der Waals surface area contributed by atoms with Crippen LogP contribution in [0, 0.1) is 5.82 Å². The number of nitrogens with two attached hydrogens (primary N) is 1. The smallest absolute Gasteiger partial charge is 0.277 e. The van der Waals surface area contributed by atoms with Crippen molar-refractivity contribution in [1.29, 1.82) is 0 Å². The van der Waals surface area contributed by atoms with E-state index in [0.29, 0.717) is 36.6 Å². The minimum Gasteiger partial charge on any atom is -0.384 e. The minimum atomic E-state index is -0.647. The molecule has 4 N–H and O–H groups in total. The number of thiophene rings is 1. The van der Waals surface area contributed by atoms with Gasteiger partial charge in [-0.3, -0.25) is 14.2 Å². The third-order valence-electron chi connectivity index (χ3n) is 7.09. The van der Waals surface area contributed by atoms with E-state index in [2.05, 4.69) is 34.1 Å². The molecule has 0 radical (unpaired) electrons. The Kier molecular flexibility index (Phi) is 9.08. The summed E-state index contributed by atoms with van der Waals surface area (Å²) in [6.07, 6.45) is 8.02. The van der Waals surface area contributed by atoms with Crippen LogP contribution in [0.3, 0.4) is 0 Å². The first-order chi connectivity index (χ1) is 20.2. The summed E-state index contributed by atoms with van der Waals surface area (Å²) in [5.74, 6) is 0.516. The predicted octanol–water partition coefficient (Wildman–Crippen LogP) is 6.27. The maximum Gasteiger partial charge on any atom is 0.277 e. The van der Waals surface area contributed by atoms with Crippen molar-refractivity contribution in [2.45, 2.75) is 58.2 Å². The van der Waals surface area contributed by atoms with Crippen molar-refractivity contribution in [3.8, 4) is 0 Å². The van der Waals surface area contributed by atoms with Crippen molar-refractivity contribution < 1.29 is 9.18 Å². The Bertz CT molecular complexity index is 1730. The molecular formula is C31H33FN6O2S2. The number of nitrogen functional groups attached to an aromatic ring is 1. The number of rotatable bonds is 11. The van der Waals surface area contributed by atoms with E-state index in [9.17, 15) is 14.0 Å². The van der Waals surface area contributed by atoms with Gasteiger partial charge in [0.1, 0.15) is 29.2 Å². The van der Waals surface area contributed by atoms with Crippen LogP contribution in [0.2, 0.25) is 0 Å². The number of carbonyl (C=O) groups is 1. The molecule has 1 aliphatic rings. The molecule has 2 atom stereocenters. The fourth-order valence-electron chi connectivity index (χ4n) is 4.82. The second-order valence-corrected chi connectivity index (χ2v) is 12.5. The molecule has 1 aromatic carbocycles. The molecule has 5 rings (SSSR count). The SMILES string of the molecule is C=C(S/C(=C\CCC)c1ccccc1F)C(C)Nc1cnc2n(c1=O)C(C(=O)NCc1cc3cnc(N)cc3s1)CC2. The summed E-state index contributed by atoms with van der Waals surface area (Å²) in [6.45, 7) is 8.51. The lowest BCUT2D eigenvalue weighted by molar-refractivity contribution is -0.124. The third kappa shape index (κ3) is 6.42. The van der Waals surface area contributed by atoms with Crippen molar-refractivity contribution in [3.05, 3.63) is 98.8 Å². The van der Waals surface area contributed by atoms with Crippen molar-refractivity contribution in [2.24, 2.45) is 0 Å². The van der Waals surface area contributed by atoms with Crippen LogP contribution in [0.5, 0.6) is 0 Å². The molecule has 0 spiro atoms. The molecule has 8 nitrogen and oxygen atoms in total. The van der Waals surface area contributed by atoms with Crippen molar-refractivity contribution >= 4 is 55.5 Å². The molecule has 3 aromatic heterocycles. The van der Waals surface area contributed by atoms with Gasteiger partial charge in [0, 0.05) is 43.0 Å². The molecular weight excluding hydrogens is 572 g/mol. The van der Waals surface area contributed by atoms with E-state index < -0.39 is 6.04 Å². The average Bonchev–Trinajstić information content (AvgIpc) is 3.60. The number of unbranched alkanes of at least 4 members (excludes halogenated alkanes) is 1. The lowest BCUT2D eigenvalue weighted by Gasteiger charge is -2.20. The largest absolute Gasteiger partial charge is 0.384 e. The molecule has 0 saturated carbocycles. The number of halogens is 1. The van der Waals surface area contributed by atoms with Gasteiger partial charge in [-0.05, 0) is 38.0 Å². The van der Waals surface area contributed by atoms with Gasteiger partial charge in [0.2, 0.25) is 5.91 Å². The van der Waals surface area contributed by atoms with E-state index >= 15 is 0 Å². The number of amides is 1. The van der Waals surface area contributed by atoms with Crippen LogP contribution < -0.4 is 21.9 Å². The number of hydrogen-bond donors (Lipinski definition) is 3. The number of hydrogen-bond acceptors (Lipinski definition) is 8. The van der Waals surface area contributed by atoms with Crippen molar-refractivity contribution in [1.82, 2.24) is 19.9 Å². The fraction of sp³-hybridized carbons (Fsp3) is 0.290. The van der Waals surface area contributed by atoms with E-state index in [-0.39, 0.29) is 29.0 Å². The third-order valence-corrected chi connectivity index (χ3v) is 9.41. The van der Waals surface area contributed by atoms with Crippen LogP contribution in [0.4, 0.5) is 15.9 Å². The highest BCUT2D eigenvalue weighted by Crippen LogP contribution is 2.37. The zero-order valence-electron chi connectivity index (χ0n) is 23.5. The first-order valence-electron chi connectivity index (χ1n) is 13.9. The molecule has 0 fully saturated rings. The second kappa shape index (κ2) is 12.9. The maximum absolute atomic E-state index is 14.6. The maximum atomic E-state index is 14.6. The standard InChI is InChI=1S/C31H33FN6O2S2/c1-4-5-10-26(22-8-6-7-9-23(22)32)41-19(3)18(2)37-24-17-35-29-12-11-25(38(29)31(24)40)30(39)36-16-21-13-20-15-34-28(33)14-27(20)42-21/h6-10,13-15,17-18,25,37H,3-5,11-12,16H2,1-2H3,(H2,33,34)(H,36,39)/b26-10-. The number of thioether (sulfide) groups is 1. The van der Waals surface area contributed by atoms with Gasteiger partial charge >= 0.3 is 0 Å².